The Kier molecular flexibility index (Phi) is 6.15. The molecule has 5 nitrogen and oxygen atoms in total. The van der Waals surface area contributed by atoms with Gasteiger partial charge in [0, 0.05) is 31.4 Å². The number of hydrogen-bond donors (Lipinski definition) is 2. The largest absolute Gasteiger partial charge is 0.409 e. The third-order valence-corrected chi connectivity index (χ3v) is 3.36. The average molecular weight is 264 g/mol. The molecule has 0 aliphatic carbocycles. The molecule has 1 aromatic rings. The minimum absolute atomic E-state index is 0.136. The molecule has 0 atom stereocenters. The van der Waals surface area contributed by atoms with Crippen LogP contribution in [0, 0.1) is 0 Å². The Morgan fingerprint density at radius 1 is 1.16 bits per heavy atom. The van der Waals surface area contributed by atoms with Crippen molar-refractivity contribution in [3.05, 3.63) is 29.8 Å². The summed E-state index contributed by atoms with van der Waals surface area (Å²) in [5, 5.41) is 11.6. The normalized spacial score (nSPS) is 11.9. The fraction of sp³-hybridized carbons (Fsp3) is 0.500. The number of anilines is 1. The fourth-order valence-corrected chi connectivity index (χ4v) is 1.90. The number of amidine groups is 1. The van der Waals surface area contributed by atoms with Crippen LogP contribution >= 0.6 is 0 Å². The van der Waals surface area contributed by atoms with Crippen molar-refractivity contribution in [2.75, 3.05) is 38.1 Å². The first-order valence-electron chi connectivity index (χ1n) is 6.63. The van der Waals surface area contributed by atoms with Crippen molar-refractivity contribution in [2.24, 2.45) is 10.9 Å². The maximum atomic E-state index is 8.61. The number of nitrogens with zero attached hydrogens (tertiary/aromatic N) is 3. The van der Waals surface area contributed by atoms with Gasteiger partial charge in [0.2, 0.25) is 0 Å². The molecule has 106 valence electrons. The molecule has 0 spiro atoms. The Hall–Kier alpha value is -1.75. The maximum absolute atomic E-state index is 8.61. The third kappa shape index (κ3) is 4.44. The molecule has 0 fully saturated rings. The van der Waals surface area contributed by atoms with E-state index in [1.54, 1.807) is 0 Å². The van der Waals surface area contributed by atoms with Crippen LogP contribution in [0.25, 0.3) is 0 Å². The van der Waals surface area contributed by atoms with Crippen molar-refractivity contribution >= 4 is 11.5 Å². The molecule has 0 bridgehead atoms. The van der Waals surface area contributed by atoms with Crippen LogP contribution in [0.3, 0.4) is 0 Å². The topological polar surface area (TPSA) is 65.1 Å². The second-order valence-electron chi connectivity index (χ2n) is 4.48. The summed E-state index contributed by atoms with van der Waals surface area (Å²) in [6.07, 6.45) is 0. The molecule has 19 heavy (non-hydrogen) atoms. The second kappa shape index (κ2) is 7.63. The minimum Gasteiger partial charge on any atom is -0.409 e. The lowest BCUT2D eigenvalue weighted by Gasteiger charge is -2.24. The second-order valence-corrected chi connectivity index (χ2v) is 4.48. The summed E-state index contributed by atoms with van der Waals surface area (Å²) in [5.41, 5.74) is 7.39. The highest BCUT2D eigenvalue weighted by Crippen LogP contribution is 2.13. The van der Waals surface area contributed by atoms with E-state index in [0.717, 1.165) is 37.4 Å². The predicted octanol–water partition coefficient (Wildman–Crippen LogP) is 1.56. The molecule has 0 heterocycles. The van der Waals surface area contributed by atoms with Gasteiger partial charge >= 0.3 is 0 Å². The van der Waals surface area contributed by atoms with Gasteiger partial charge in [-0.05, 0) is 37.4 Å². The molecule has 0 amide bonds. The van der Waals surface area contributed by atoms with Crippen LogP contribution in [0.1, 0.15) is 19.4 Å². The van der Waals surface area contributed by atoms with Gasteiger partial charge in [0.15, 0.2) is 5.84 Å². The van der Waals surface area contributed by atoms with Gasteiger partial charge in [0.25, 0.3) is 0 Å². The average Bonchev–Trinajstić information content (AvgIpc) is 2.47. The standard InChI is InChI=1S/C14H24N4O/c1-4-18(5-2)11-10-17(3)13-8-6-12(7-9-13)14(15)16-19/h6-9,19H,4-5,10-11H2,1-3H3,(H2,15,16). The zero-order valence-electron chi connectivity index (χ0n) is 12.0. The molecular weight excluding hydrogens is 240 g/mol. The van der Waals surface area contributed by atoms with Crippen LogP contribution < -0.4 is 10.6 Å². The summed E-state index contributed by atoms with van der Waals surface area (Å²) in [6, 6.07) is 7.68. The summed E-state index contributed by atoms with van der Waals surface area (Å²) < 4.78 is 0. The maximum Gasteiger partial charge on any atom is 0.170 e. The van der Waals surface area contributed by atoms with Crippen LogP contribution in [-0.2, 0) is 0 Å². The van der Waals surface area contributed by atoms with Crippen molar-refractivity contribution < 1.29 is 5.21 Å². The van der Waals surface area contributed by atoms with E-state index < -0.39 is 0 Å². The lowest BCUT2D eigenvalue weighted by Crippen LogP contribution is -2.33. The summed E-state index contributed by atoms with van der Waals surface area (Å²) in [7, 11) is 2.07. The van der Waals surface area contributed by atoms with Crippen LogP contribution in [0.4, 0.5) is 5.69 Å². The SMILES string of the molecule is CCN(CC)CCN(C)c1ccc(/C(N)=N/O)cc1. The molecule has 1 aromatic carbocycles. The minimum atomic E-state index is 0.136. The van der Waals surface area contributed by atoms with Gasteiger partial charge in [0.05, 0.1) is 0 Å². The summed E-state index contributed by atoms with van der Waals surface area (Å²) >= 11 is 0. The first-order valence-corrected chi connectivity index (χ1v) is 6.63. The lowest BCUT2D eigenvalue weighted by atomic mass is 10.2. The highest BCUT2D eigenvalue weighted by Gasteiger charge is 2.05. The van der Waals surface area contributed by atoms with E-state index in [2.05, 4.69) is 35.9 Å². The Labute approximate surface area is 115 Å². The Balaban J connectivity index is 2.60. The van der Waals surface area contributed by atoms with Crippen LogP contribution in [-0.4, -0.2) is 49.2 Å². The third-order valence-electron chi connectivity index (χ3n) is 3.36. The molecule has 0 saturated carbocycles. The van der Waals surface area contributed by atoms with Gasteiger partial charge in [-0.15, -0.1) is 0 Å². The van der Waals surface area contributed by atoms with Gasteiger partial charge in [-0.25, -0.2) is 0 Å². The molecule has 0 aromatic heterocycles. The number of hydrogen-bond acceptors (Lipinski definition) is 4. The monoisotopic (exact) mass is 264 g/mol. The molecule has 3 N–H and O–H groups in total. The quantitative estimate of drug-likeness (QED) is 0.339. The molecule has 0 aliphatic rings. The number of rotatable bonds is 7. The molecule has 5 heteroatoms. The molecular formula is C14H24N4O. The van der Waals surface area contributed by atoms with Crippen molar-refractivity contribution in [3.8, 4) is 0 Å². The van der Waals surface area contributed by atoms with E-state index in [4.69, 9.17) is 10.9 Å². The van der Waals surface area contributed by atoms with Gasteiger partial charge in [-0.1, -0.05) is 19.0 Å². The van der Waals surface area contributed by atoms with E-state index in [9.17, 15) is 0 Å². The number of benzene rings is 1. The highest BCUT2D eigenvalue weighted by atomic mass is 16.4. The number of oxime groups is 1. The van der Waals surface area contributed by atoms with E-state index in [0.29, 0.717) is 0 Å². The van der Waals surface area contributed by atoms with Crippen molar-refractivity contribution in [1.29, 1.82) is 0 Å². The van der Waals surface area contributed by atoms with Crippen LogP contribution in [0.15, 0.2) is 29.4 Å². The smallest absolute Gasteiger partial charge is 0.170 e. The zero-order valence-corrected chi connectivity index (χ0v) is 12.0. The first-order chi connectivity index (χ1) is 9.12. The first kappa shape index (κ1) is 15.3. The molecule has 1 rings (SSSR count). The Bertz CT molecular complexity index is 398. The van der Waals surface area contributed by atoms with Gasteiger partial charge in [-0.2, -0.15) is 0 Å². The molecule has 0 unspecified atom stereocenters. The Morgan fingerprint density at radius 3 is 2.21 bits per heavy atom. The van der Waals surface area contributed by atoms with Gasteiger partial charge in [-0.3, -0.25) is 0 Å². The van der Waals surface area contributed by atoms with Crippen molar-refractivity contribution in [2.45, 2.75) is 13.8 Å². The molecule has 0 radical (unpaired) electrons. The number of likely N-dealkylation sites (N-methyl/N-ethyl adjacent to an activating group) is 2. The summed E-state index contributed by atoms with van der Waals surface area (Å²) in [6.45, 7) is 8.53. The van der Waals surface area contributed by atoms with E-state index in [-0.39, 0.29) is 5.84 Å². The van der Waals surface area contributed by atoms with Gasteiger partial charge < -0.3 is 20.7 Å². The molecule has 0 saturated heterocycles. The van der Waals surface area contributed by atoms with E-state index in [1.165, 1.54) is 0 Å². The van der Waals surface area contributed by atoms with Crippen molar-refractivity contribution in [3.63, 3.8) is 0 Å². The lowest BCUT2D eigenvalue weighted by molar-refractivity contribution is 0.311. The molecule has 0 aliphatic heterocycles. The van der Waals surface area contributed by atoms with E-state index >= 15 is 0 Å². The fourth-order valence-electron chi connectivity index (χ4n) is 1.90. The Morgan fingerprint density at radius 2 is 1.74 bits per heavy atom. The van der Waals surface area contributed by atoms with Crippen molar-refractivity contribution in [1.82, 2.24) is 4.90 Å². The van der Waals surface area contributed by atoms with E-state index in [1.807, 2.05) is 24.3 Å². The summed E-state index contributed by atoms with van der Waals surface area (Å²) in [5.74, 6) is 0.136. The zero-order chi connectivity index (χ0) is 14.3. The summed E-state index contributed by atoms with van der Waals surface area (Å²) in [4.78, 5) is 4.59. The van der Waals surface area contributed by atoms with Crippen LogP contribution in [0.2, 0.25) is 0 Å². The van der Waals surface area contributed by atoms with Crippen LogP contribution in [0.5, 0.6) is 0 Å². The predicted molar refractivity (Wildman–Crippen MR) is 80.0 cm³/mol. The number of nitrogens with two attached hydrogens (primary N) is 1. The highest BCUT2D eigenvalue weighted by molar-refractivity contribution is 5.97. The van der Waals surface area contributed by atoms with Gasteiger partial charge in [0.1, 0.15) is 0 Å².